The molecule has 7 heteroatoms. The first-order valence-electron chi connectivity index (χ1n) is 4.69. The Morgan fingerprint density at radius 2 is 2.06 bits per heavy atom. The molecule has 0 saturated carbocycles. The molecule has 0 unspecified atom stereocenters. The van der Waals surface area contributed by atoms with Crippen LogP contribution in [0.1, 0.15) is 28.4 Å². The number of hydrogen-bond donors (Lipinski definition) is 4. The summed E-state index contributed by atoms with van der Waals surface area (Å²) in [6.07, 6.45) is 0.467. The summed E-state index contributed by atoms with van der Waals surface area (Å²) >= 11 is 3.23. The van der Waals surface area contributed by atoms with E-state index in [4.69, 9.17) is 16.6 Å². The van der Waals surface area contributed by atoms with Crippen molar-refractivity contribution in [2.75, 3.05) is 6.54 Å². The van der Waals surface area contributed by atoms with Crippen molar-refractivity contribution in [3.8, 4) is 5.75 Å². The first-order chi connectivity index (χ1) is 7.49. The smallest absolute Gasteiger partial charge is 0.339 e. The van der Waals surface area contributed by atoms with Crippen LogP contribution in [0.25, 0.3) is 0 Å². The summed E-state index contributed by atoms with van der Waals surface area (Å²) in [5, 5.41) is 18.7. The van der Waals surface area contributed by atoms with E-state index < -0.39 is 12.0 Å². The number of benzene rings is 1. The third kappa shape index (κ3) is 3.57. The van der Waals surface area contributed by atoms with Gasteiger partial charge in [-0.15, -0.1) is 12.4 Å². The van der Waals surface area contributed by atoms with Gasteiger partial charge in [0.05, 0.1) is 0 Å². The summed E-state index contributed by atoms with van der Waals surface area (Å²) < 4.78 is 0.580. The molecule has 0 saturated heterocycles. The zero-order valence-electron chi connectivity index (χ0n) is 8.89. The maximum absolute atomic E-state index is 10.8. The summed E-state index contributed by atoms with van der Waals surface area (Å²) in [5.41, 5.74) is 11.4. The lowest BCUT2D eigenvalue weighted by Crippen LogP contribution is -2.16. The number of aromatic hydroxyl groups is 1. The molecular formula is C10H14BrClN2O3. The van der Waals surface area contributed by atoms with Gasteiger partial charge in [-0.2, -0.15) is 0 Å². The lowest BCUT2D eigenvalue weighted by Gasteiger charge is -2.15. The van der Waals surface area contributed by atoms with E-state index in [9.17, 15) is 9.90 Å². The van der Waals surface area contributed by atoms with Gasteiger partial charge in [0.2, 0.25) is 0 Å². The standard InChI is InChI=1S/C10H13BrN2O3.ClH/c11-6-2-1-5(10(15)16)9(14)8(6)7(13)3-4-12;/h1-2,7,14H,3-4,12-13H2,(H,15,16);1H/t7-;/m0./s1. The van der Waals surface area contributed by atoms with Crippen molar-refractivity contribution in [1.29, 1.82) is 0 Å². The summed E-state index contributed by atoms with van der Waals surface area (Å²) in [6, 6.07) is 2.38. The minimum Gasteiger partial charge on any atom is -0.507 e. The molecule has 0 heterocycles. The molecule has 0 aliphatic rings. The molecule has 0 aromatic heterocycles. The van der Waals surface area contributed by atoms with Gasteiger partial charge in [0.25, 0.3) is 0 Å². The zero-order valence-corrected chi connectivity index (χ0v) is 11.3. The number of carboxylic acid groups (broad SMARTS) is 1. The predicted octanol–water partition coefficient (Wildman–Crippen LogP) is 1.62. The van der Waals surface area contributed by atoms with Gasteiger partial charge in [0.1, 0.15) is 11.3 Å². The number of hydrogen-bond acceptors (Lipinski definition) is 4. The average molecular weight is 326 g/mol. The van der Waals surface area contributed by atoms with Crippen LogP contribution < -0.4 is 11.5 Å². The molecule has 0 amide bonds. The molecule has 1 aromatic rings. The van der Waals surface area contributed by atoms with E-state index in [1.807, 2.05) is 0 Å². The molecule has 96 valence electrons. The number of aromatic carboxylic acids is 1. The van der Waals surface area contributed by atoms with Crippen LogP contribution in [0.5, 0.6) is 5.75 Å². The van der Waals surface area contributed by atoms with Crippen LogP contribution in [0.3, 0.4) is 0 Å². The molecule has 17 heavy (non-hydrogen) atoms. The topological polar surface area (TPSA) is 110 Å². The average Bonchev–Trinajstić information content (AvgIpc) is 2.17. The lowest BCUT2D eigenvalue weighted by molar-refractivity contribution is 0.0693. The molecule has 5 nitrogen and oxygen atoms in total. The molecule has 0 radical (unpaired) electrons. The highest BCUT2D eigenvalue weighted by molar-refractivity contribution is 9.10. The Balaban J connectivity index is 0.00000256. The number of carboxylic acids is 1. The monoisotopic (exact) mass is 324 g/mol. The van der Waals surface area contributed by atoms with Crippen molar-refractivity contribution in [2.45, 2.75) is 12.5 Å². The van der Waals surface area contributed by atoms with E-state index in [0.29, 0.717) is 23.0 Å². The van der Waals surface area contributed by atoms with E-state index in [-0.39, 0.29) is 23.7 Å². The van der Waals surface area contributed by atoms with Gasteiger partial charge in [-0.3, -0.25) is 0 Å². The second-order valence-corrected chi connectivity index (χ2v) is 4.20. The van der Waals surface area contributed by atoms with Crippen molar-refractivity contribution in [3.63, 3.8) is 0 Å². The Morgan fingerprint density at radius 1 is 1.47 bits per heavy atom. The maximum atomic E-state index is 10.8. The number of rotatable bonds is 4. The van der Waals surface area contributed by atoms with Crippen LogP contribution >= 0.6 is 28.3 Å². The van der Waals surface area contributed by atoms with Gasteiger partial charge in [-0.25, -0.2) is 4.79 Å². The fourth-order valence-electron chi connectivity index (χ4n) is 1.43. The fraction of sp³-hybridized carbons (Fsp3) is 0.300. The van der Waals surface area contributed by atoms with Crippen LogP contribution in [0.4, 0.5) is 0 Å². The number of phenols is 1. The zero-order chi connectivity index (χ0) is 12.3. The van der Waals surface area contributed by atoms with E-state index in [2.05, 4.69) is 15.9 Å². The van der Waals surface area contributed by atoms with Crippen molar-refractivity contribution in [3.05, 3.63) is 27.7 Å². The van der Waals surface area contributed by atoms with Gasteiger partial charge in [-0.1, -0.05) is 15.9 Å². The van der Waals surface area contributed by atoms with E-state index in [0.717, 1.165) is 0 Å². The molecular weight excluding hydrogens is 311 g/mol. The fourth-order valence-corrected chi connectivity index (χ4v) is 2.05. The second-order valence-electron chi connectivity index (χ2n) is 3.35. The second kappa shape index (κ2) is 6.80. The largest absolute Gasteiger partial charge is 0.507 e. The minimum absolute atomic E-state index is 0. The SMILES string of the molecule is Cl.NCC[C@H](N)c1c(Br)ccc(C(=O)O)c1O. The Labute approximate surface area is 113 Å². The van der Waals surface area contributed by atoms with Gasteiger partial charge in [0, 0.05) is 16.1 Å². The van der Waals surface area contributed by atoms with Gasteiger partial charge in [-0.05, 0) is 25.1 Å². The molecule has 6 N–H and O–H groups in total. The highest BCUT2D eigenvalue weighted by atomic mass is 79.9. The van der Waals surface area contributed by atoms with Gasteiger partial charge in [0.15, 0.2) is 0 Å². The van der Waals surface area contributed by atoms with Crippen molar-refractivity contribution < 1.29 is 15.0 Å². The lowest BCUT2D eigenvalue weighted by atomic mass is 10.0. The third-order valence-electron chi connectivity index (χ3n) is 2.24. The molecule has 0 fully saturated rings. The van der Waals surface area contributed by atoms with E-state index in [1.54, 1.807) is 6.07 Å². The maximum Gasteiger partial charge on any atom is 0.339 e. The predicted molar refractivity (Wildman–Crippen MR) is 70.6 cm³/mol. The molecule has 1 atom stereocenters. The summed E-state index contributed by atoms with van der Waals surface area (Å²) in [6.45, 7) is 0.365. The van der Waals surface area contributed by atoms with E-state index >= 15 is 0 Å². The number of nitrogens with two attached hydrogens (primary N) is 2. The third-order valence-corrected chi connectivity index (χ3v) is 2.93. The summed E-state index contributed by atoms with van der Waals surface area (Å²) in [7, 11) is 0. The first kappa shape index (κ1) is 16.2. The number of carbonyl (C=O) groups is 1. The quantitative estimate of drug-likeness (QED) is 0.672. The molecule has 0 aliphatic heterocycles. The summed E-state index contributed by atoms with van der Waals surface area (Å²) in [5.74, 6) is -1.49. The Kier molecular flexibility index (Phi) is 6.48. The Bertz CT molecular complexity index is 415. The normalized spacial score (nSPS) is 11.7. The molecule has 0 bridgehead atoms. The van der Waals surface area contributed by atoms with Crippen molar-refractivity contribution in [1.82, 2.24) is 0 Å². The number of halogens is 2. The van der Waals surface area contributed by atoms with Crippen LogP contribution in [-0.4, -0.2) is 22.7 Å². The Morgan fingerprint density at radius 3 is 2.53 bits per heavy atom. The van der Waals surface area contributed by atoms with Gasteiger partial charge < -0.3 is 21.7 Å². The van der Waals surface area contributed by atoms with Crippen molar-refractivity contribution >= 4 is 34.3 Å². The molecule has 0 spiro atoms. The highest BCUT2D eigenvalue weighted by Crippen LogP contribution is 2.34. The van der Waals surface area contributed by atoms with Crippen LogP contribution in [0.2, 0.25) is 0 Å². The first-order valence-corrected chi connectivity index (χ1v) is 5.48. The van der Waals surface area contributed by atoms with Crippen molar-refractivity contribution in [2.24, 2.45) is 11.5 Å². The molecule has 1 aromatic carbocycles. The molecule has 0 aliphatic carbocycles. The molecule has 1 rings (SSSR count). The highest BCUT2D eigenvalue weighted by Gasteiger charge is 2.20. The van der Waals surface area contributed by atoms with E-state index in [1.165, 1.54) is 6.07 Å². The Hall–Kier alpha value is -0.820. The van der Waals surface area contributed by atoms with Crippen LogP contribution in [0.15, 0.2) is 16.6 Å². The minimum atomic E-state index is -1.19. The summed E-state index contributed by atoms with van der Waals surface area (Å²) in [4.78, 5) is 10.8. The van der Waals surface area contributed by atoms with Crippen LogP contribution in [-0.2, 0) is 0 Å². The van der Waals surface area contributed by atoms with Gasteiger partial charge >= 0.3 is 5.97 Å². The van der Waals surface area contributed by atoms with Crippen LogP contribution in [0, 0.1) is 0 Å².